The monoisotopic (exact) mass is 168 g/mol. The van der Waals surface area contributed by atoms with E-state index in [1.165, 1.54) is 12.0 Å². The first-order valence-corrected chi connectivity index (χ1v) is 4.64. The Hall–Kier alpha value is -0.720. The Morgan fingerprint density at radius 2 is 1.83 bits per heavy atom. The van der Waals surface area contributed by atoms with Crippen LogP contribution in [0.4, 0.5) is 0 Å². The van der Waals surface area contributed by atoms with Crippen LogP contribution >= 0.6 is 0 Å². The second-order valence-corrected chi connectivity index (χ2v) is 3.06. The van der Waals surface area contributed by atoms with Crippen molar-refractivity contribution in [3.05, 3.63) is 23.5 Å². The van der Waals surface area contributed by atoms with Gasteiger partial charge in [0.15, 0.2) is 0 Å². The van der Waals surface area contributed by atoms with Crippen LogP contribution in [-0.4, -0.2) is 7.11 Å². The average Bonchev–Trinajstić information content (AvgIpc) is 2.07. The molecule has 0 aromatic rings. The first-order chi connectivity index (χ1) is 5.74. The first kappa shape index (κ1) is 11.3. The predicted octanol–water partition coefficient (Wildman–Crippen LogP) is 3.67. The molecule has 1 nitrogen and oxygen atoms in total. The lowest BCUT2D eigenvalue weighted by Crippen LogP contribution is -1.92. The molecule has 1 aliphatic rings. The summed E-state index contributed by atoms with van der Waals surface area (Å²) in [6, 6.07) is 0. The summed E-state index contributed by atoms with van der Waals surface area (Å²) in [5.41, 5.74) is 1.44. The van der Waals surface area contributed by atoms with E-state index in [0.717, 1.165) is 18.6 Å². The van der Waals surface area contributed by atoms with Crippen molar-refractivity contribution in [1.82, 2.24) is 0 Å². The van der Waals surface area contributed by atoms with Gasteiger partial charge in [-0.1, -0.05) is 31.9 Å². The van der Waals surface area contributed by atoms with Crippen molar-refractivity contribution in [2.75, 3.05) is 7.11 Å². The quantitative estimate of drug-likeness (QED) is 0.580. The summed E-state index contributed by atoms with van der Waals surface area (Å²) >= 11 is 0. The fourth-order valence-electron chi connectivity index (χ4n) is 0.892. The summed E-state index contributed by atoms with van der Waals surface area (Å²) in [5, 5.41) is 0. The molecule has 0 saturated heterocycles. The van der Waals surface area contributed by atoms with Crippen LogP contribution in [0.3, 0.4) is 0 Å². The molecule has 1 rings (SSSR count). The van der Waals surface area contributed by atoms with Gasteiger partial charge in [0, 0.05) is 6.42 Å². The third-order valence-electron chi connectivity index (χ3n) is 1.58. The minimum absolute atomic E-state index is 1.07. The van der Waals surface area contributed by atoms with Gasteiger partial charge in [-0.25, -0.2) is 0 Å². The second-order valence-electron chi connectivity index (χ2n) is 3.06. The van der Waals surface area contributed by atoms with Gasteiger partial charge in [-0.15, -0.1) is 0 Å². The lowest BCUT2D eigenvalue weighted by Gasteiger charge is -2.09. The van der Waals surface area contributed by atoms with Crippen LogP contribution in [0.25, 0.3) is 0 Å². The number of hydrogen-bond acceptors (Lipinski definition) is 1. The van der Waals surface area contributed by atoms with Crippen molar-refractivity contribution in [2.45, 2.75) is 40.0 Å². The molecule has 0 radical (unpaired) electrons. The molecule has 12 heavy (non-hydrogen) atoms. The maximum absolute atomic E-state index is 5.06. The van der Waals surface area contributed by atoms with Crippen molar-refractivity contribution >= 4 is 0 Å². The topological polar surface area (TPSA) is 9.23 Å². The molecule has 0 aliphatic heterocycles. The third kappa shape index (κ3) is 5.00. The SMILES string of the molecule is CCC.COC1=CC=C(C)CC1. The van der Waals surface area contributed by atoms with E-state index in [4.69, 9.17) is 4.74 Å². The Kier molecular flexibility index (Phi) is 6.54. The van der Waals surface area contributed by atoms with E-state index in [0.29, 0.717) is 0 Å². The molecular formula is C11H20O. The van der Waals surface area contributed by atoms with Gasteiger partial charge in [0.05, 0.1) is 12.9 Å². The summed E-state index contributed by atoms with van der Waals surface area (Å²) in [6.07, 6.45) is 7.62. The largest absolute Gasteiger partial charge is 0.501 e. The van der Waals surface area contributed by atoms with E-state index in [1.807, 2.05) is 6.08 Å². The number of rotatable bonds is 1. The van der Waals surface area contributed by atoms with E-state index in [1.54, 1.807) is 7.11 Å². The molecule has 0 spiro atoms. The van der Waals surface area contributed by atoms with Gasteiger partial charge in [-0.05, 0) is 19.4 Å². The van der Waals surface area contributed by atoms with Gasteiger partial charge in [0.2, 0.25) is 0 Å². The van der Waals surface area contributed by atoms with Crippen LogP contribution < -0.4 is 0 Å². The zero-order valence-corrected chi connectivity index (χ0v) is 8.68. The van der Waals surface area contributed by atoms with Crippen LogP contribution in [0.15, 0.2) is 23.5 Å². The highest BCUT2D eigenvalue weighted by Gasteiger charge is 2.00. The summed E-state index contributed by atoms with van der Waals surface area (Å²) in [5.74, 6) is 1.10. The van der Waals surface area contributed by atoms with Gasteiger partial charge >= 0.3 is 0 Å². The molecule has 0 bridgehead atoms. The van der Waals surface area contributed by atoms with E-state index in [-0.39, 0.29) is 0 Å². The molecule has 0 fully saturated rings. The molecule has 0 aromatic carbocycles. The van der Waals surface area contributed by atoms with Crippen LogP contribution in [0.5, 0.6) is 0 Å². The maximum Gasteiger partial charge on any atom is 0.0958 e. The number of hydrogen-bond donors (Lipinski definition) is 0. The smallest absolute Gasteiger partial charge is 0.0958 e. The van der Waals surface area contributed by atoms with Gasteiger partial charge in [0.25, 0.3) is 0 Å². The Labute approximate surface area is 76.1 Å². The molecule has 0 N–H and O–H groups in total. The van der Waals surface area contributed by atoms with E-state index < -0.39 is 0 Å². The average molecular weight is 168 g/mol. The van der Waals surface area contributed by atoms with Gasteiger partial charge in [-0.2, -0.15) is 0 Å². The van der Waals surface area contributed by atoms with Crippen molar-refractivity contribution in [1.29, 1.82) is 0 Å². The molecule has 0 saturated carbocycles. The number of methoxy groups -OCH3 is 1. The van der Waals surface area contributed by atoms with Crippen molar-refractivity contribution in [2.24, 2.45) is 0 Å². The molecule has 0 atom stereocenters. The highest BCUT2D eigenvalue weighted by molar-refractivity contribution is 5.19. The summed E-state index contributed by atoms with van der Waals surface area (Å²) in [4.78, 5) is 0. The Balaban J connectivity index is 0.000000354. The van der Waals surface area contributed by atoms with Crippen LogP contribution in [0, 0.1) is 0 Å². The molecule has 0 unspecified atom stereocenters. The first-order valence-electron chi connectivity index (χ1n) is 4.64. The molecule has 0 amide bonds. The van der Waals surface area contributed by atoms with E-state index in [9.17, 15) is 0 Å². The van der Waals surface area contributed by atoms with Crippen molar-refractivity contribution in [3.8, 4) is 0 Å². The Morgan fingerprint density at radius 3 is 2.17 bits per heavy atom. The van der Waals surface area contributed by atoms with E-state index in [2.05, 4.69) is 26.8 Å². The second kappa shape index (κ2) is 6.96. The lowest BCUT2D eigenvalue weighted by molar-refractivity contribution is 0.275. The van der Waals surface area contributed by atoms with Crippen LogP contribution in [0.2, 0.25) is 0 Å². The zero-order chi connectivity index (χ0) is 9.40. The molecule has 70 valence electrons. The lowest BCUT2D eigenvalue weighted by atomic mass is 10.1. The van der Waals surface area contributed by atoms with E-state index >= 15 is 0 Å². The van der Waals surface area contributed by atoms with Gasteiger partial charge < -0.3 is 4.74 Å². The number of allylic oxidation sites excluding steroid dienone is 4. The Bertz CT molecular complexity index is 166. The zero-order valence-electron chi connectivity index (χ0n) is 8.68. The van der Waals surface area contributed by atoms with Crippen molar-refractivity contribution in [3.63, 3.8) is 0 Å². The van der Waals surface area contributed by atoms with Gasteiger partial charge in [-0.3, -0.25) is 0 Å². The van der Waals surface area contributed by atoms with Crippen molar-refractivity contribution < 1.29 is 4.74 Å². The molecular weight excluding hydrogens is 148 g/mol. The molecule has 1 heteroatoms. The van der Waals surface area contributed by atoms with Gasteiger partial charge in [0.1, 0.15) is 0 Å². The molecule has 0 aromatic heterocycles. The molecule has 0 heterocycles. The summed E-state index contributed by atoms with van der Waals surface area (Å²) in [7, 11) is 1.72. The normalized spacial score (nSPS) is 15.3. The standard InChI is InChI=1S/C8H12O.C3H8/c1-7-3-5-8(9-2)6-4-7;1-3-2/h3,5H,4,6H2,1-2H3;3H2,1-2H3. The predicted molar refractivity (Wildman–Crippen MR) is 54.0 cm³/mol. The summed E-state index contributed by atoms with van der Waals surface area (Å²) < 4.78 is 5.06. The number of ether oxygens (including phenoxy) is 1. The highest BCUT2D eigenvalue weighted by Crippen LogP contribution is 2.17. The fourth-order valence-corrected chi connectivity index (χ4v) is 0.892. The minimum atomic E-state index is 1.07. The Morgan fingerprint density at radius 1 is 1.25 bits per heavy atom. The fraction of sp³-hybridized carbons (Fsp3) is 0.636. The highest BCUT2D eigenvalue weighted by atomic mass is 16.5. The minimum Gasteiger partial charge on any atom is -0.501 e. The summed E-state index contributed by atoms with van der Waals surface area (Å²) in [6.45, 7) is 6.39. The maximum atomic E-state index is 5.06. The van der Waals surface area contributed by atoms with Crippen LogP contribution in [0.1, 0.15) is 40.0 Å². The van der Waals surface area contributed by atoms with Crippen LogP contribution in [-0.2, 0) is 4.74 Å². The third-order valence-corrected chi connectivity index (χ3v) is 1.58. The molecule has 1 aliphatic carbocycles.